The number of likely N-dealkylation sites (tertiary alicyclic amines) is 1. The Balaban J connectivity index is 1.48. The van der Waals surface area contributed by atoms with Crippen molar-refractivity contribution in [3.05, 3.63) is 46.9 Å². The molecule has 1 aromatic carbocycles. The summed E-state index contributed by atoms with van der Waals surface area (Å²) in [6.45, 7) is 3.93. The summed E-state index contributed by atoms with van der Waals surface area (Å²) in [6.07, 6.45) is 2.67. The number of carbonyl (C=O) groups excluding carboxylic acids is 1. The van der Waals surface area contributed by atoms with Crippen molar-refractivity contribution in [2.45, 2.75) is 70.0 Å². The van der Waals surface area contributed by atoms with E-state index >= 15 is 0 Å². The maximum Gasteiger partial charge on any atom is 0.249 e. The van der Waals surface area contributed by atoms with Gasteiger partial charge >= 0.3 is 0 Å². The van der Waals surface area contributed by atoms with E-state index < -0.39 is 23.5 Å². The zero-order chi connectivity index (χ0) is 21.6. The van der Waals surface area contributed by atoms with Crippen molar-refractivity contribution in [1.29, 1.82) is 0 Å². The molecule has 6 nitrogen and oxygen atoms in total. The Kier molecular flexibility index (Phi) is 5.57. The van der Waals surface area contributed by atoms with E-state index in [-0.39, 0.29) is 48.2 Å². The fourth-order valence-corrected chi connectivity index (χ4v) is 4.67. The lowest BCUT2D eigenvalue weighted by Gasteiger charge is -2.34. The Bertz CT molecular complexity index is 948. The van der Waals surface area contributed by atoms with Crippen molar-refractivity contribution >= 4 is 5.91 Å². The molecule has 9 heteroatoms. The molecule has 2 heterocycles. The summed E-state index contributed by atoms with van der Waals surface area (Å²) >= 11 is 0. The SMILES string of the molecule is CC(C)c1noc([C@@H]2C3CCC(C3)N2C(=O)C[C@H](N)Cc2cc(F)c(F)cc2F)n1. The van der Waals surface area contributed by atoms with Crippen LogP contribution in [-0.2, 0) is 11.2 Å². The maximum absolute atomic E-state index is 13.9. The molecular formula is C21H25F3N4O2. The molecule has 2 unspecified atom stereocenters. The van der Waals surface area contributed by atoms with Gasteiger partial charge in [-0.05, 0) is 43.2 Å². The molecule has 2 aliphatic rings. The van der Waals surface area contributed by atoms with Gasteiger partial charge in [0.05, 0.1) is 0 Å². The smallest absolute Gasteiger partial charge is 0.249 e. The van der Waals surface area contributed by atoms with E-state index in [1.807, 2.05) is 13.8 Å². The van der Waals surface area contributed by atoms with E-state index in [0.717, 1.165) is 25.3 Å². The molecule has 162 valence electrons. The third kappa shape index (κ3) is 3.82. The summed E-state index contributed by atoms with van der Waals surface area (Å²) in [4.78, 5) is 19.4. The average molecular weight is 422 g/mol. The summed E-state index contributed by atoms with van der Waals surface area (Å²) < 4.78 is 46.0. The van der Waals surface area contributed by atoms with Gasteiger partial charge in [-0.15, -0.1) is 0 Å². The zero-order valence-electron chi connectivity index (χ0n) is 16.9. The molecule has 30 heavy (non-hydrogen) atoms. The molecule has 1 saturated heterocycles. The third-order valence-corrected chi connectivity index (χ3v) is 6.11. The second-order valence-electron chi connectivity index (χ2n) is 8.64. The summed E-state index contributed by atoms with van der Waals surface area (Å²) in [5, 5.41) is 4.02. The minimum atomic E-state index is -1.25. The normalized spacial score (nSPS) is 24.1. The number of halogens is 3. The first-order chi connectivity index (χ1) is 14.2. The predicted molar refractivity (Wildman–Crippen MR) is 102 cm³/mol. The molecule has 0 radical (unpaired) electrons. The van der Waals surface area contributed by atoms with Crippen LogP contribution in [0.2, 0.25) is 0 Å². The average Bonchev–Trinajstić information content (AvgIpc) is 3.40. The van der Waals surface area contributed by atoms with E-state index in [9.17, 15) is 18.0 Å². The van der Waals surface area contributed by atoms with Crippen LogP contribution in [0, 0.1) is 23.4 Å². The highest BCUT2D eigenvalue weighted by Crippen LogP contribution is 2.50. The molecule has 1 aliphatic heterocycles. The van der Waals surface area contributed by atoms with Crippen LogP contribution < -0.4 is 5.73 Å². The first-order valence-corrected chi connectivity index (χ1v) is 10.3. The third-order valence-electron chi connectivity index (χ3n) is 6.11. The number of nitrogens with zero attached hydrogens (tertiary/aromatic N) is 3. The molecular weight excluding hydrogens is 397 g/mol. The van der Waals surface area contributed by atoms with Crippen molar-refractivity contribution in [1.82, 2.24) is 15.0 Å². The quantitative estimate of drug-likeness (QED) is 0.719. The van der Waals surface area contributed by atoms with Crippen LogP contribution in [0.1, 0.15) is 68.8 Å². The van der Waals surface area contributed by atoms with Gasteiger partial charge in [-0.1, -0.05) is 19.0 Å². The zero-order valence-corrected chi connectivity index (χ0v) is 16.9. The fourth-order valence-electron chi connectivity index (χ4n) is 4.67. The molecule has 1 amide bonds. The molecule has 4 atom stereocenters. The first-order valence-electron chi connectivity index (χ1n) is 10.3. The maximum atomic E-state index is 13.9. The predicted octanol–water partition coefficient (Wildman–Crippen LogP) is 3.62. The molecule has 2 fully saturated rings. The minimum Gasteiger partial charge on any atom is -0.337 e. The van der Waals surface area contributed by atoms with E-state index in [0.29, 0.717) is 17.8 Å². The lowest BCUT2D eigenvalue weighted by molar-refractivity contribution is -0.136. The summed E-state index contributed by atoms with van der Waals surface area (Å²) in [6, 6.07) is 0.376. The second kappa shape index (κ2) is 8.02. The highest BCUT2D eigenvalue weighted by molar-refractivity contribution is 5.78. The Hall–Kier alpha value is -2.42. The van der Waals surface area contributed by atoms with Gasteiger partial charge in [0.25, 0.3) is 0 Å². The number of amides is 1. The van der Waals surface area contributed by atoms with E-state index in [1.165, 1.54) is 0 Å². The number of hydrogen-bond acceptors (Lipinski definition) is 5. The number of nitrogens with two attached hydrogens (primary N) is 1. The second-order valence-corrected chi connectivity index (χ2v) is 8.64. The van der Waals surface area contributed by atoms with Crippen molar-refractivity contribution in [3.63, 3.8) is 0 Å². The van der Waals surface area contributed by atoms with Crippen LogP contribution in [-0.4, -0.2) is 33.0 Å². The van der Waals surface area contributed by atoms with Crippen molar-refractivity contribution < 1.29 is 22.5 Å². The van der Waals surface area contributed by atoms with Crippen LogP contribution in [0.3, 0.4) is 0 Å². The van der Waals surface area contributed by atoms with Gasteiger partial charge in [0.1, 0.15) is 11.9 Å². The Morgan fingerprint density at radius 1 is 1.23 bits per heavy atom. The topological polar surface area (TPSA) is 85.2 Å². The van der Waals surface area contributed by atoms with Crippen LogP contribution in [0.25, 0.3) is 0 Å². The van der Waals surface area contributed by atoms with Crippen molar-refractivity contribution in [3.8, 4) is 0 Å². The van der Waals surface area contributed by atoms with Crippen LogP contribution in [0.4, 0.5) is 13.2 Å². The first kappa shape index (κ1) is 20.8. The highest BCUT2D eigenvalue weighted by atomic mass is 19.2. The number of benzene rings is 1. The van der Waals surface area contributed by atoms with Crippen LogP contribution >= 0.6 is 0 Å². The van der Waals surface area contributed by atoms with Gasteiger partial charge in [-0.25, -0.2) is 13.2 Å². The van der Waals surface area contributed by atoms with E-state index in [2.05, 4.69) is 10.1 Å². The highest BCUT2D eigenvalue weighted by Gasteiger charge is 2.51. The number of carbonyl (C=O) groups is 1. The molecule has 2 bridgehead atoms. The van der Waals surface area contributed by atoms with Gasteiger partial charge in [0, 0.05) is 30.5 Å². The monoisotopic (exact) mass is 422 g/mol. The van der Waals surface area contributed by atoms with Gasteiger partial charge in [-0.3, -0.25) is 4.79 Å². The number of aromatic nitrogens is 2. The number of fused-ring (bicyclic) bond motifs is 2. The largest absolute Gasteiger partial charge is 0.337 e. The molecule has 0 spiro atoms. The summed E-state index contributed by atoms with van der Waals surface area (Å²) in [5.74, 6) is -2.01. The molecule has 1 aliphatic carbocycles. The Morgan fingerprint density at radius 3 is 2.67 bits per heavy atom. The van der Waals surface area contributed by atoms with Crippen molar-refractivity contribution in [2.75, 3.05) is 0 Å². The fraction of sp³-hybridized carbons (Fsp3) is 0.571. The number of rotatable bonds is 6. The van der Waals surface area contributed by atoms with Gasteiger partial charge in [0.2, 0.25) is 11.8 Å². The van der Waals surface area contributed by atoms with Crippen LogP contribution in [0.5, 0.6) is 0 Å². The van der Waals surface area contributed by atoms with E-state index in [1.54, 1.807) is 4.90 Å². The molecule has 2 aromatic rings. The summed E-state index contributed by atoms with van der Waals surface area (Å²) in [7, 11) is 0. The molecule has 1 saturated carbocycles. The molecule has 1 aromatic heterocycles. The van der Waals surface area contributed by atoms with Crippen LogP contribution in [0.15, 0.2) is 16.7 Å². The number of piperidine rings is 1. The molecule has 4 rings (SSSR count). The Morgan fingerprint density at radius 2 is 1.97 bits per heavy atom. The number of hydrogen-bond donors (Lipinski definition) is 1. The Labute approximate surface area is 172 Å². The van der Waals surface area contributed by atoms with Gasteiger partial charge < -0.3 is 15.2 Å². The van der Waals surface area contributed by atoms with Gasteiger partial charge in [0.15, 0.2) is 17.5 Å². The van der Waals surface area contributed by atoms with Crippen molar-refractivity contribution in [2.24, 2.45) is 11.7 Å². The lowest BCUT2D eigenvalue weighted by Crippen LogP contribution is -2.43. The van der Waals surface area contributed by atoms with E-state index in [4.69, 9.17) is 10.3 Å². The molecule has 2 N–H and O–H groups in total. The van der Waals surface area contributed by atoms with Gasteiger partial charge in [-0.2, -0.15) is 4.98 Å². The lowest BCUT2D eigenvalue weighted by atomic mass is 9.97. The standard InChI is InChI=1S/C21H25F3N4O2/c1-10(2)20-26-21(30-27-20)19-11-3-4-14(6-11)28(19)18(29)8-13(25)5-12-7-16(23)17(24)9-15(12)22/h7,9-11,13-14,19H,3-6,8,25H2,1-2H3/t11?,13-,14?,19+/m1/s1. The summed E-state index contributed by atoms with van der Waals surface area (Å²) in [5.41, 5.74) is 6.03. The minimum absolute atomic E-state index is 0.0384.